The number of benzene rings is 1. The predicted octanol–water partition coefficient (Wildman–Crippen LogP) is 0.884. The fourth-order valence-corrected chi connectivity index (χ4v) is 4.53. The van der Waals surface area contributed by atoms with Crippen LogP contribution in [0.2, 0.25) is 0 Å². The molecule has 1 unspecified atom stereocenters. The van der Waals surface area contributed by atoms with E-state index >= 15 is 0 Å². The number of amides is 2. The number of carbonyl (C=O) groups excluding carboxylic acids is 3. The third-order valence-corrected chi connectivity index (χ3v) is 6.67. The molecular weight excluding hydrogens is 446 g/mol. The molecule has 0 radical (unpaired) electrons. The summed E-state index contributed by atoms with van der Waals surface area (Å²) in [6.07, 6.45) is 3.54. The number of hydrogen-bond acceptors (Lipinski definition) is 7. The Balaban J connectivity index is 1.71. The van der Waals surface area contributed by atoms with Gasteiger partial charge in [-0.05, 0) is 37.3 Å². The van der Waals surface area contributed by atoms with Crippen LogP contribution >= 0.6 is 0 Å². The Morgan fingerprint density at radius 3 is 2.58 bits per heavy atom. The topological polar surface area (TPSA) is 138 Å². The number of aromatic nitrogens is 2. The number of nitrogens with one attached hydrogen (secondary N) is 2. The minimum absolute atomic E-state index is 0.0876. The largest absolute Gasteiger partial charge is 0.344 e. The second-order valence-corrected chi connectivity index (χ2v) is 10.6. The second-order valence-electron chi connectivity index (χ2n) is 8.67. The van der Waals surface area contributed by atoms with Crippen molar-refractivity contribution in [2.24, 2.45) is 5.92 Å². The summed E-state index contributed by atoms with van der Waals surface area (Å²) in [6.45, 7) is 3.79. The van der Waals surface area contributed by atoms with Gasteiger partial charge in [-0.3, -0.25) is 19.4 Å². The summed E-state index contributed by atoms with van der Waals surface area (Å²) in [5.74, 6) is -1.31. The summed E-state index contributed by atoms with van der Waals surface area (Å²) < 4.78 is 24.7. The van der Waals surface area contributed by atoms with Crippen molar-refractivity contribution in [3.63, 3.8) is 0 Å². The van der Waals surface area contributed by atoms with Gasteiger partial charge < -0.3 is 10.6 Å². The van der Waals surface area contributed by atoms with Crippen molar-refractivity contribution in [1.29, 1.82) is 0 Å². The minimum Gasteiger partial charge on any atom is -0.344 e. The fourth-order valence-electron chi connectivity index (χ4n) is 3.71. The molecule has 33 heavy (non-hydrogen) atoms. The number of hydrogen-bond donors (Lipinski definition) is 2. The molecule has 10 nitrogen and oxygen atoms in total. The third-order valence-electron chi connectivity index (χ3n) is 5.42. The Kier molecular flexibility index (Phi) is 7.75. The summed E-state index contributed by atoms with van der Waals surface area (Å²) in [6, 6.07) is 5.46. The number of fused-ring (bicyclic) bond motifs is 1. The molecule has 0 aliphatic carbocycles. The molecule has 1 fully saturated rings. The van der Waals surface area contributed by atoms with Crippen LogP contribution in [0.5, 0.6) is 0 Å². The number of nitrogens with zero attached hydrogens (tertiary/aromatic N) is 3. The van der Waals surface area contributed by atoms with Crippen molar-refractivity contribution in [3.8, 4) is 0 Å². The average Bonchev–Trinajstić information content (AvgIpc) is 2.94. The van der Waals surface area contributed by atoms with Gasteiger partial charge in [0.15, 0.2) is 5.78 Å². The SMILES string of the molecule is CC(C)CC(NC(=O)c1cnc2ccccc2n1)C(=O)N[C@H]1CCCN(S(C)(=O)=O)CC1=O. The van der Waals surface area contributed by atoms with Crippen LogP contribution in [0, 0.1) is 5.92 Å². The standard InChI is InChI=1S/C22H29N5O5S/c1-14(2)11-18(26-22(30)19-12-23-15-7-4-5-8-16(15)24-19)21(29)25-17-9-6-10-27(13-20(17)28)33(3,31)32/h4-5,7-8,12,14,17-18H,6,9-11,13H2,1-3H3,(H,25,29)(H,26,30)/t17-,18?/m0/s1. The molecule has 1 saturated heterocycles. The highest BCUT2D eigenvalue weighted by molar-refractivity contribution is 7.88. The van der Waals surface area contributed by atoms with Gasteiger partial charge in [0, 0.05) is 6.54 Å². The van der Waals surface area contributed by atoms with Crippen LogP contribution in [0.15, 0.2) is 30.5 Å². The molecule has 2 N–H and O–H groups in total. The van der Waals surface area contributed by atoms with E-state index in [9.17, 15) is 22.8 Å². The van der Waals surface area contributed by atoms with Gasteiger partial charge in [-0.25, -0.2) is 13.4 Å². The predicted molar refractivity (Wildman–Crippen MR) is 123 cm³/mol. The van der Waals surface area contributed by atoms with Crippen LogP contribution < -0.4 is 10.6 Å². The Bertz CT molecular complexity index is 1150. The van der Waals surface area contributed by atoms with Gasteiger partial charge in [0.2, 0.25) is 15.9 Å². The monoisotopic (exact) mass is 475 g/mol. The fraction of sp³-hybridized carbons (Fsp3) is 0.500. The molecule has 0 spiro atoms. The number of para-hydroxylation sites is 2. The first kappa shape index (κ1) is 24.7. The lowest BCUT2D eigenvalue weighted by Gasteiger charge is -2.23. The van der Waals surface area contributed by atoms with Gasteiger partial charge in [-0.2, -0.15) is 4.31 Å². The highest BCUT2D eigenvalue weighted by Gasteiger charge is 2.32. The Morgan fingerprint density at radius 1 is 1.21 bits per heavy atom. The summed E-state index contributed by atoms with van der Waals surface area (Å²) in [5, 5.41) is 5.42. The van der Waals surface area contributed by atoms with Crippen LogP contribution in [0.3, 0.4) is 0 Å². The lowest BCUT2D eigenvalue weighted by atomic mass is 10.0. The molecule has 2 heterocycles. The van der Waals surface area contributed by atoms with E-state index in [1.807, 2.05) is 19.9 Å². The highest BCUT2D eigenvalue weighted by atomic mass is 32.2. The van der Waals surface area contributed by atoms with Crippen molar-refractivity contribution in [2.45, 2.75) is 45.2 Å². The van der Waals surface area contributed by atoms with E-state index in [1.165, 1.54) is 6.20 Å². The average molecular weight is 476 g/mol. The molecule has 1 aromatic heterocycles. The van der Waals surface area contributed by atoms with Gasteiger partial charge in [0.1, 0.15) is 11.7 Å². The van der Waals surface area contributed by atoms with E-state index in [1.54, 1.807) is 18.2 Å². The van der Waals surface area contributed by atoms with E-state index in [2.05, 4.69) is 20.6 Å². The van der Waals surface area contributed by atoms with Gasteiger partial charge in [0.25, 0.3) is 5.91 Å². The molecule has 2 atom stereocenters. The summed E-state index contributed by atoms with van der Waals surface area (Å²) in [7, 11) is -3.50. The first-order chi connectivity index (χ1) is 15.5. The maximum absolute atomic E-state index is 13.0. The molecule has 1 aliphatic rings. The van der Waals surface area contributed by atoms with Gasteiger partial charge in [0.05, 0.1) is 36.1 Å². The summed E-state index contributed by atoms with van der Waals surface area (Å²) in [5.41, 5.74) is 1.31. The third kappa shape index (κ3) is 6.55. The molecule has 2 amide bonds. The van der Waals surface area contributed by atoms with Crippen LogP contribution in [0.4, 0.5) is 0 Å². The number of carbonyl (C=O) groups is 3. The normalized spacial score (nSPS) is 18.7. The van der Waals surface area contributed by atoms with Crippen molar-refractivity contribution >= 4 is 38.7 Å². The number of sulfonamides is 1. The molecule has 2 aromatic rings. The van der Waals surface area contributed by atoms with Gasteiger partial charge in [-0.15, -0.1) is 0 Å². The van der Waals surface area contributed by atoms with Gasteiger partial charge in [-0.1, -0.05) is 26.0 Å². The van der Waals surface area contributed by atoms with Crippen LogP contribution in [0.25, 0.3) is 11.0 Å². The van der Waals surface area contributed by atoms with E-state index in [4.69, 9.17) is 0 Å². The zero-order chi connectivity index (χ0) is 24.2. The highest BCUT2D eigenvalue weighted by Crippen LogP contribution is 2.14. The summed E-state index contributed by atoms with van der Waals surface area (Å²) >= 11 is 0. The molecule has 11 heteroatoms. The van der Waals surface area contributed by atoms with Crippen molar-refractivity contribution < 1.29 is 22.8 Å². The van der Waals surface area contributed by atoms with E-state index in [0.29, 0.717) is 30.3 Å². The lowest BCUT2D eigenvalue weighted by molar-refractivity contribution is -0.129. The minimum atomic E-state index is -3.50. The second kappa shape index (κ2) is 10.3. The van der Waals surface area contributed by atoms with Crippen LogP contribution in [-0.2, 0) is 19.6 Å². The molecule has 3 rings (SSSR count). The van der Waals surface area contributed by atoms with Crippen LogP contribution in [0.1, 0.15) is 43.6 Å². The molecule has 0 saturated carbocycles. The first-order valence-electron chi connectivity index (χ1n) is 10.9. The molecule has 0 bridgehead atoms. The maximum Gasteiger partial charge on any atom is 0.272 e. The zero-order valence-electron chi connectivity index (χ0n) is 18.9. The number of ketones is 1. The molecule has 1 aliphatic heterocycles. The van der Waals surface area contributed by atoms with E-state index < -0.39 is 33.9 Å². The number of rotatable bonds is 7. The Labute approximate surface area is 193 Å². The van der Waals surface area contributed by atoms with Crippen molar-refractivity contribution in [3.05, 3.63) is 36.2 Å². The van der Waals surface area contributed by atoms with Crippen molar-refractivity contribution in [2.75, 3.05) is 19.3 Å². The zero-order valence-corrected chi connectivity index (χ0v) is 19.8. The maximum atomic E-state index is 13.0. The molecular formula is C22H29N5O5S. The Morgan fingerprint density at radius 2 is 1.91 bits per heavy atom. The van der Waals surface area contributed by atoms with Crippen LogP contribution in [-0.4, -0.2) is 71.7 Å². The van der Waals surface area contributed by atoms with Gasteiger partial charge >= 0.3 is 0 Å². The first-order valence-corrected chi connectivity index (χ1v) is 12.7. The lowest BCUT2D eigenvalue weighted by Crippen LogP contribution is -2.52. The summed E-state index contributed by atoms with van der Waals surface area (Å²) in [4.78, 5) is 47.0. The van der Waals surface area contributed by atoms with E-state index in [0.717, 1.165) is 10.6 Å². The number of Topliss-reactive ketones (excluding diaryl/α,β-unsaturated/α-hetero) is 1. The van der Waals surface area contributed by atoms with E-state index in [-0.39, 0.29) is 30.5 Å². The molecule has 178 valence electrons. The Hall–Kier alpha value is -2.92. The van der Waals surface area contributed by atoms with Crippen molar-refractivity contribution in [1.82, 2.24) is 24.9 Å². The quantitative estimate of drug-likeness (QED) is 0.606. The smallest absolute Gasteiger partial charge is 0.272 e. The molecule has 1 aromatic carbocycles.